The monoisotopic (exact) mass is 252 g/mol. The zero-order valence-electron chi connectivity index (χ0n) is 10.8. The van der Waals surface area contributed by atoms with Gasteiger partial charge in [-0.05, 0) is 44.3 Å². The molecule has 2 nitrogen and oxygen atoms in total. The van der Waals surface area contributed by atoms with E-state index in [9.17, 15) is 0 Å². The Kier molecular flexibility index (Phi) is 5.49. The zero-order chi connectivity index (χ0) is 11.9. The first kappa shape index (κ1) is 13.1. The van der Waals surface area contributed by atoms with Gasteiger partial charge in [-0.3, -0.25) is 0 Å². The number of nitrogens with zero attached hydrogens (tertiary/aromatic N) is 1. The first-order chi connectivity index (χ1) is 8.34. The zero-order valence-corrected chi connectivity index (χ0v) is 11.6. The Bertz CT molecular complexity index is 289. The number of nitrogens with one attached hydrogen (secondary N) is 1. The van der Waals surface area contributed by atoms with Gasteiger partial charge in [0.2, 0.25) is 0 Å². The predicted molar refractivity (Wildman–Crippen MR) is 75.8 cm³/mol. The second-order valence-electron chi connectivity index (χ2n) is 5.09. The second-order valence-corrected chi connectivity index (χ2v) is 6.12. The van der Waals surface area contributed by atoms with E-state index < -0.39 is 0 Å². The summed E-state index contributed by atoms with van der Waals surface area (Å²) >= 11 is 1.87. The van der Waals surface area contributed by atoms with Gasteiger partial charge in [-0.2, -0.15) is 0 Å². The fourth-order valence-electron chi connectivity index (χ4n) is 2.48. The molecule has 1 saturated heterocycles. The summed E-state index contributed by atoms with van der Waals surface area (Å²) in [6, 6.07) is 5.10. The van der Waals surface area contributed by atoms with Crippen molar-refractivity contribution in [3.8, 4) is 0 Å². The molecule has 0 aromatic carbocycles. The highest BCUT2D eigenvalue weighted by Gasteiger charge is 2.13. The molecule has 2 rings (SSSR count). The summed E-state index contributed by atoms with van der Waals surface area (Å²) in [6.45, 7) is 3.59. The van der Waals surface area contributed by atoms with Gasteiger partial charge >= 0.3 is 0 Å². The third-order valence-corrected chi connectivity index (χ3v) is 4.45. The molecule has 1 aromatic rings. The quantitative estimate of drug-likeness (QED) is 0.867. The molecule has 1 fully saturated rings. The van der Waals surface area contributed by atoms with Gasteiger partial charge in [0, 0.05) is 24.0 Å². The van der Waals surface area contributed by atoms with Crippen molar-refractivity contribution in [1.29, 1.82) is 0 Å². The highest BCUT2D eigenvalue weighted by atomic mass is 32.1. The van der Waals surface area contributed by atoms with Crippen LogP contribution in [0.1, 0.15) is 30.6 Å². The number of likely N-dealkylation sites (N-methyl/N-ethyl adjacent to an activating group) is 1. The van der Waals surface area contributed by atoms with Crippen molar-refractivity contribution in [1.82, 2.24) is 10.2 Å². The van der Waals surface area contributed by atoms with Crippen LogP contribution in [0.5, 0.6) is 0 Å². The molecular formula is C14H24N2S. The summed E-state index contributed by atoms with van der Waals surface area (Å²) in [6.07, 6.45) is 6.71. The molecule has 0 bridgehead atoms. The normalized spacial score (nSPS) is 21.6. The molecule has 3 heteroatoms. The summed E-state index contributed by atoms with van der Waals surface area (Å²) in [4.78, 5) is 3.98. The van der Waals surface area contributed by atoms with E-state index >= 15 is 0 Å². The van der Waals surface area contributed by atoms with Crippen LogP contribution in [0, 0.1) is 0 Å². The topological polar surface area (TPSA) is 15.3 Å². The Morgan fingerprint density at radius 1 is 1.41 bits per heavy atom. The van der Waals surface area contributed by atoms with E-state index in [0.29, 0.717) is 6.04 Å². The molecular weight excluding hydrogens is 228 g/mol. The highest BCUT2D eigenvalue weighted by Crippen LogP contribution is 2.11. The molecule has 0 aliphatic carbocycles. The Morgan fingerprint density at radius 2 is 2.35 bits per heavy atom. The fraction of sp³-hybridized carbons (Fsp3) is 0.714. The van der Waals surface area contributed by atoms with E-state index in [0.717, 1.165) is 0 Å². The van der Waals surface area contributed by atoms with Crippen LogP contribution in [0.2, 0.25) is 0 Å². The van der Waals surface area contributed by atoms with Crippen molar-refractivity contribution in [3.05, 3.63) is 22.4 Å². The van der Waals surface area contributed by atoms with Gasteiger partial charge in [0.1, 0.15) is 0 Å². The summed E-state index contributed by atoms with van der Waals surface area (Å²) < 4.78 is 0. The minimum Gasteiger partial charge on any atom is -0.313 e. The van der Waals surface area contributed by atoms with Gasteiger partial charge < -0.3 is 10.2 Å². The fourth-order valence-corrected chi connectivity index (χ4v) is 3.18. The Labute approximate surface area is 109 Å². The SMILES string of the molecule is CN(CCc1cccs1)CC1CCCCCN1. The van der Waals surface area contributed by atoms with Crippen LogP contribution in [0.4, 0.5) is 0 Å². The standard InChI is InChI=1S/C14H24N2S/c1-16(10-8-14-7-5-11-17-14)12-13-6-3-2-4-9-15-13/h5,7,11,13,15H,2-4,6,8-10,12H2,1H3. The van der Waals surface area contributed by atoms with Gasteiger partial charge in [0.15, 0.2) is 0 Å². The van der Waals surface area contributed by atoms with E-state index in [1.165, 1.54) is 56.6 Å². The minimum absolute atomic E-state index is 0.714. The van der Waals surface area contributed by atoms with Gasteiger partial charge in [0.25, 0.3) is 0 Å². The third kappa shape index (κ3) is 4.78. The molecule has 0 saturated carbocycles. The molecule has 1 N–H and O–H groups in total. The number of hydrogen-bond donors (Lipinski definition) is 1. The van der Waals surface area contributed by atoms with Crippen LogP contribution >= 0.6 is 11.3 Å². The molecule has 2 heterocycles. The molecule has 0 radical (unpaired) electrons. The molecule has 1 atom stereocenters. The van der Waals surface area contributed by atoms with Crippen molar-refractivity contribution < 1.29 is 0 Å². The molecule has 0 amide bonds. The van der Waals surface area contributed by atoms with Gasteiger partial charge in [-0.1, -0.05) is 18.9 Å². The number of hydrogen-bond acceptors (Lipinski definition) is 3. The van der Waals surface area contributed by atoms with Crippen LogP contribution in [-0.2, 0) is 6.42 Å². The van der Waals surface area contributed by atoms with E-state index in [-0.39, 0.29) is 0 Å². The lowest BCUT2D eigenvalue weighted by Crippen LogP contribution is -2.39. The van der Waals surface area contributed by atoms with E-state index in [2.05, 4.69) is 34.8 Å². The summed E-state index contributed by atoms with van der Waals surface area (Å²) in [7, 11) is 2.25. The van der Waals surface area contributed by atoms with Gasteiger partial charge in [0.05, 0.1) is 0 Å². The maximum atomic E-state index is 3.67. The second kappa shape index (κ2) is 7.14. The number of rotatable bonds is 5. The van der Waals surface area contributed by atoms with Crippen molar-refractivity contribution in [3.63, 3.8) is 0 Å². The maximum Gasteiger partial charge on any atom is 0.0194 e. The average molecular weight is 252 g/mol. The van der Waals surface area contributed by atoms with Gasteiger partial charge in [-0.15, -0.1) is 11.3 Å². The van der Waals surface area contributed by atoms with Crippen LogP contribution in [0.3, 0.4) is 0 Å². The Morgan fingerprint density at radius 3 is 3.18 bits per heavy atom. The third-order valence-electron chi connectivity index (χ3n) is 3.51. The Balaban J connectivity index is 1.67. The molecule has 1 aromatic heterocycles. The first-order valence-corrected chi connectivity index (χ1v) is 7.67. The minimum atomic E-state index is 0.714. The van der Waals surface area contributed by atoms with Crippen LogP contribution in [-0.4, -0.2) is 37.6 Å². The molecule has 0 spiro atoms. The van der Waals surface area contributed by atoms with Crippen molar-refractivity contribution in [2.75, 3.05) is 26.7 Å². The molecule has 1 unspecified atom stereocenters. The predicted octanol–water partition coefficient (Wildman–Crippen LogP) is 2.75. The molecule has 1 aliphatic heterocycles. The van der Waals surface area contributed by atoms with E-state index in [1.807, 2.05) is 11.3 Å². The lowest BCUT2D eigenvalue weighted by molar-refractivity contribution is 0.288. The van der Waals surface area contributed by atoms with Crippen LogP contribution < -0.4 is 5.32 Å². The highest BCUT2D eigenvalue weighted by molar-refractivity contribution is 7.09. The Hall–Kier alpha value is -0.380. The summed E-state index contributed by atoms with van der Waals surface area (Å²) in [5.41, 5.74) is 0. The lowest BCUT2D eigenvalue weighted by Gasteiger charge is -2.23. The molecule has 96 valence electrons. The number of thiophene rings is 1. The molecule has 1 aliphatic rings. The van der Waals surface area contributed by atoms with Gasteiger partial charge in [-0.25, -0.2) is 0 Å². The molecule has 17 heavy (non-hydrogen) atoms. The smallest absolute Gasteiger partial charge is 0.0194 e. The van der Waals surface area contributed by atoms with Crippen molar-refractivity contribution in [2.24, 2.45) is 0 Å². The first-order valence-electron chi connectivity index (χ1n) is 6.79. The van der Waals surface area contributed by atoms with Crippen molar-refractivity contribution >= 4 is 11.3 Å². The van der Waals surface area contributed by atoms with Crippen molar-refractivity contribution in [2.45, 2.75) is 38.1 Å². The largest absolute Gasteiger partial charge is 0.313 e. The maximum absolute atomic E-state index is 3.67. The van der Waals surface area contributed by atoms with E-state index in [1.54, 1.807) is 0 Å². The summed E-state index contributed by atoms with van der Waals surface area (Å²) in [5, 5.41) is 5.84. The lowest BCUT2D eigenvalue weighted by atomic mass is 10.1. The van der Waals surface area contributed by atoms with Crippen LogP contribution in [0.25, 0.3) is 0 Å². The van der Waals surface area contributed by atoms with Crippen LogP contribution in [0.15, 0.2) is 17.5 Å². The van der Waals surface area contributed by atoms with E-state index in [4.69, 9.17) is 0 Å². The summed E-state index contributed by atoms with van der Waals surface area (Å²) in [5.74, 6) is 0. The average Bonchev–Trinajstić information content (AvgIpc) is 2.72.